The Kier molecular flexibility index (Phi) is 6.00. The molecular weight excluding hydrogens is 424 g/mol. The molecule has 0 aromatic heterocycles. The second kappa shape index (κ2) is 9.13. The van der Waals surface area contributed by atoms with Crippen LogP contribution in [0.15, 0.2) is 126 Å². The van der Waals surface area contributed by atoms with E-state index >= 15 is 0 Å². The third kappa shape index (κ3) is 4.26. The number of nitrogens with zero attached hydrogens (tertiary/aromatic N) is 2. The molecule has 0 fully saturated rings. The topological polar surface area (TPSA) is 12.4 Å². The molecule has 0 amide bonds. The van der Waals surface area contributed by atoms with Crippen molar-refractivity contribution in [1.82, 2.24) is 0 Å². The molecule has 5 rings (SSSR count). The predicted molar refractivity (Wildman–Crippen MR) is 148 cm³/mol. The largest absolute Gasteiger partial charge is 0.205 e. The quantitative estimate of drug-likeness (QED) is 0.156. The normalized spacial score (nSPS) is 16.2. The van der Waals surface area contributed by atoms with Crippen LogP contribution in [0.1, 0.15) is 35.1 Å². The molecule has 0 bridgehead atoms. The second-order valence-corrected chi connectivity index (χ2v) is 10.2. The lowest BCUT2D eigenvalue weighted by molar-refractivity contribution is -0.877. The van der Waals surface area contributed by atoms with Crippen LogP contribution in [-0.2, 0) is 5.41 Å². The van der Waals surface area contributed by atoms with E-state index in [9.17, 15) is 0 Å². The van der Waals surface area contributed by atoms with Crippen LogP contribution >= 0.6 is 0 Å². The molecule has 0 heterocycles. The minimum absolute atomic E-state index is 0.0638. The summed E-state index contributed by atoms with van der Waals surface area (Å²) in [4.78, 5) is 0. The minimum Gasteiger partial charge on any atom is -0.205 e. The number of allylic oxidation sites excluding steroid dienone is 2. The first-order chi connectivity index (χ1) is 16.9. The van der Waals surface area contributed by atoms with Gasteiger partial charge in [-0.2, -0.15) is 0 Å². The standard InChI is InChI=1S/C33H33N2/c1-25(34-35(2,3)4)30(26-17-9-5-10-18-26)33(29-23-15-8-16-24-29)31(27-19-11-6-12-20-27)32(33)28-21-13-7-14-22-28/h5-24,30H,1-4H3/q+1/b34-25+/t30-/m1/s1. The Morgan fingerprint density at radius 1 is 0.600 bits per heavy atom. The van der Waals surface area contributed by atoms with Crippen molar-refractivity contribution in [1.29, 1.82) is 0 Å². The van der Waals surface area contributed by atoms with Gasteiger partial charge in [-0.25, -0.2) is 4.59 Å². The van der Waals surface area contributed by atoms with Crippen molar-refractivity contribution in [3.8, 4) is 0 Å². The number of hydrogen-bond donors (Lipinski definition) is 0. The Labute approximate surface area is 209 Å². The van der Waals surface area contributed by atoms with Gasteiger partial charge < -0.3 is 0 Å². The summed E-state index contributed by atoms with van der Waals surface area (Å²) in [6, 6.07) is 43.7. The Bertz CT molecular complexity index is 1300. The molecule has 0 radical (unpaired) electrons. The monoisotopic (exact) mass is 457 g/mol. The zero-order chi connectivity index (χ0) is 24.5. The Morgan fingerprint density at radius 3 is 1.43 bits per heavy atom. The summed E-state index contributed by atoms with van der Waals surface area (Å²) in [5.74, 6) is 0.0638. The Morgan fingerprint density at radius 2 is 1.00 bits per heavy atom. The van der Waals surface area contributed by atoms with Crippen LogP contribution in [0.25, 0.3) is 11.1 Å². The molecule has 1 aliphatic rings. The molecule has 2 heteroatoms. The summed E-state index contributed by atoms with van der Waals surface area (Å²) < 4.78 is 0.529. The molecule has 1 atom stereocenters. The van der Waals surface area contributed by atoms with Gasteiger partial charge in [0.2, 0.25) is 0 Å². The van der Waals surface area contributed by atoms with Crippen LogP contribution in [0.5, 0.6) is 0 Å². The number of rotatable bonds is 7. The fourth-order valence-electron chi connectivity index (χ4n) is 5.68. The van der Waals surface area contributed by atoms with Crippen molar-refractivity contribution in [2.45, 2.75) is 18.3 Å². The van der Waals surface area contributed by atoms with E-state index in [-0.39, 0.29) is 11.3 Å². The molecule has 4 aromatic carbocycles. The van der Waals surface area contributed by atoms with Crippen molar-refractivity contribution in [2.75, 3.05) is 21.1 Å². The van der Waals surface area contributed by atoms with Crippen LogP contribution < -0.4 is 0 Å². The van der Waals surface area contributed by atoms with Crippen molar-refractivity contribution in [2.24, 2.45) is 5.10 Å². The van der Waals surface area contributed by atoms with Crippen molar-refractivity contribution < 1.29 is 4.59 Å². The molecule has 0 aliphatic heterocycles. The van der Waals surface area contributed by atoms with E-state index in [0.29, 0.717) is 4.59 Å². The summed E-state index contributed by atoms with van der Waals surface area (Å²) in [6.45, 7) is 2.20. The van der Waals surface area contributed by atoms with Gasteiger partial charge in [-0.15, -0.1) is 0 Å². The first-order valence-electron chi connectivity index (χ1n) is 12.3. The van der Waals surface area contributed by atoms with Crippen LogP contribution in [0, 0.1) is 0 Å². The molecular formula is C33H33N2+. The predicted octanol–water partition coefficient (Wildman–Crippen LogP) is 7.41. The first-order valence-corrected chi connectivity index (χ1v) is 12.3. The van der Waals surface area contributed by atoms with E-state index < -0.39 is 0 Å². The van der Waals surface area contributed by atoms with E-state index in [1.807, 2.05) is 0 Å². The highest BCUT2D eigenvalue weighted by Gasteiger charge is 2.61. The second-order valence-electron chi connectivity index (χ2n) is 10.2. The lowest BCUT2D eigenvalue weighted by atomic mass is 9.69. The molecule has 0 spiro atoms. The number of benzene rings is 4. The molecule has 0 saturated carbocycles. The van der Waals surface area contributed by atoms with Crippen LogP contribution in [0.4, 0.5) is 0 Å². The molecule has 0 N–H and O–H groups in total. The van der Waals surface area contributed by atoms with Gasteiger partial charge in [-0.3, -0.25) is 0 Å². The van der Waals surface area contributed by atoms with Gasteiger partial charge in [0, 0.05) is 5.92 Å². The van der Waals surface area contributed by atoms with E-state index in [1.165, 1.54) is 33.4 Å². The van der Waals surface area contributed by atoms with Gasteiger partial charge >= 0.3 is 0 Å². The summed E-state index contributed by atoms with van der Waals surface area (Å²) in [5.41, 5.74) is 8.73. The zero-order valence-electron chi connectivity index (χ0n) is 21.0. The average Bonchev–Trinajstić information content (AvgIpc) is 3.56. The van der Waals surface area contributed by atoms with Gasteiger partial charge in [0.15, 0.2) is 0 Å². The minimum atomic E-state index is -0.311. The zero-order valence-corrected chi connectivity index (χ0v) is 21.0. The highest BCUT2D eigenvalue weighted by Crippen LogP contribution is 2.70. The molecule has 1 aliphatic carbocycles. The molecule has 0 saturated heterocycles. The highest BCUT2D eigenvalue weighted by molar-refractivity contribution is 6.23. The molecule has 0 unspecified atom stereocenters. The Hall–Kier alpha value is -3.75. The van der Waals surface area contributed by atoms with Crippen LogP contribution in [0.3, 0.4) is 0 Å². The maximum absolute atomic E-state index is 5.20. The van der Waals surface area contributed by atoms with Crippen molar-refractivity contribution in [3.05, 3.63) is 144 Å². The number of hydrogen-bond acceptors (Lipinski definition) is 1. The van der Waals surface area contributed by atoms with Gasteiger partial charge in [-0.05, 0) is 40.3 Å². The smallest absolute Gasteiger partial charge is 0.0923 e. The highest BCUT2D eigenvalue weighted by atomic mass is 15.6. The summed E-state index contributed by atoms with van der Waals surface area (Å²) in [7, 11) is 6.37. The average molecular weight is 458 g/mol. The van der Waals surface area contributed by atoms with Gasteiger partial charge in [0.05, 0.1) is 32.3 Å². The fourth-order valence-corrected chi connectivity index (χ4v) is 5.68. The maximum Gasteiger partial charge on any atom is 0.0923 e. The number of quaternary nitrogens is 1. The summed E-state index contributed by atoms with van der Waals surface area (Å²) in [5, 5.41) is 5.20. The summed E-state index contributed by atoms with van der Waals surface area (Å²) in [6.07, 6.45) is 0. The third-order valence-electron chi connectivity index (χ3n) is 6.77. The third-order valence-corrected chi connectivity index (χ3v) is 6.77. The first kappa shape index (κ1) is 23.0. The maximum atomic E-state index is 5.20. The van der Waals surface area contributed by atoms with E-state index in [4.69, 9.17) is 5.10 Å². The Balaban J connectivity index is 1.84. The SMILES string of the molecule is C/C(=N\[N+](C)(C)C)[C@H](c1ccccc1)C1(c2ccccc2)C(c2ccccc2)=C1c1ccccc1. The van der Waals surface area contributed by atoms with E-state index in [0.717, 1.165) is 5.71 Å². The van der Waals surface area contributed by atoms with Crippen molar-refractivity contribution >= 4 is 16.9 Å². The van der Waals surface area contributed by atoms with E-state index in [1.54, 1.807) is 0 Å². The molecule has 35 heavy (non-hydrogen) atoms. The lowest BCUT2D eigenvalue weighted by Gasteiger charge is -2.33. The van der Waals surface area contributed by atoms with Crippen molar-refractivity contribution in [3.63, 3.8) is 0 Å². The molecule has 174 valence electrons. The lowest BCUT2D eigenvalue weighted by Crippen LogP contribution is -2.34. The van der Waals surface area contributed by atoms with Gasteiger partial charge in [-0.1, -0.05) is 126 Å². The van der Waals surface area contributed by atoms with Crippen LogP contribution in [-0.4, -0.2) is 31.4 Å². The van der Waals surface area contributed by atoms with E-state index in [2.05, 4.69) is 149 Å². The van der Waals surface area contributed by atoms with Crippen LogP contribution in [0.2, 0.25) is 0 Å². The fraction of sp³-hybridized carbons (Fsp3) is 0.182. The summed E-state index contributed by atoms with van der Waals surface area (Å²) >= 11 is 0. The molecule has 4 aromatic rings. The molecule has 2 nitrogen and oxygen atoms in total. The van der Waals surface area contributed by atoms with Gasteiger partial charge in [0.25, 0.3) is 0 Å². The van der Waals surface area contributed by atoms with Gasteiger partial charge in [0.1, 0.15) is 0 Å².